The number of primary amides is 1. The van der Waals surface area contributed by atoms with Crippen LogP contribution < -0.4 is 11.3 Å². The first-order valence-corrected chi connectivity index (χ1v) is 8.68. The first kappa shape index (κ1) is 18.0. The van der Waals surface area contributed by atoms with Gasteiger partial charge in [-0.15, -0.1) is 0 Å². The van der Waals surface area contributed by atoms with Crippen molar-refractivity contribution in [2.45, 2.75) is 45.3 Å². The number of nitrogens with two attached hydrogens (primary N) is 1. The van der Waals surface area contributed by atoms with Gasteiger partial charge in [0.05, 0.1) is 22.5 Å². The summed E-state index contributed by atoms with van der Waals surface area (Å²) in [6, 6.07) is 4.91. The Hall–Kier alpha value is -2.77. The molecule has 8 nitrogen and oxygen atoms in total. The number of nitrogens with zero attached hydrogens (tertiary/aromatic N) is 2. The molecule has 0 atom stereocenters. The fourth-order valence-corrected chi connectivity index (χ4v) is 3.27. The molecule has 1 aliphatic rings. The van der Waals surface area contributed by atoms with Crippen LogP contribution in [0.15, 0.2) is 23.0 Å². The second-order valence-electron chi connectivity index (χ2n) is 7.58. The van der Waals surface area contributed by atoms with Crippen molar-refractivity contribution in [3.8, 4) is 0 Å². The molecule has 1 aromatic heterocycles. The van der Waals surface area contributed by atoms with E-state index in [9.17, 15) is 14.4 Å². The highest BCUT2D eigenvalue weighted by atomic mass is 16.6. The molecule has 1 saturated heterocycles. The molecular weight excluding hydrogens is 336 g/mol. The van der Waals surface area contributed by atoms with E-state index in [0.29, 0.717) is 36.8 Å². The van der Waals surface area contributed by atoms with E-state index in [1.807, 2.05) is 20.8 Å². The van der Waals surface area contributed by atoms with Crippen molar-refractivity contribution in [1.82, 2.24) is 14.7 Å². The lowest BCUT2D eigenvalue weighted by atomic mass is 10.1. The number of carbonyl (C=O) groups excluding carboxylic acids is 2. The lowest BCUT2D eigenvalue weighted by molar-refractivity contribution is 0.0184. The summed E-state index contributed by atoms with van der Waals surface area (Å²) < 4.78 is 6.94. The number of amides is 2. The third-order valence-electron chi connectivity index (χ3n) is 4.48. The van der Waals surface area contributed by atoms with E-state index in [4.69, 9.17) is 10.5 Å². The van der Waals surface area contributed by atoms with Crippen molar-refractivity contribution in [1.29, 1.82) is 0 Å². The van der Waals surface area contributed by atoms with Gasteiger partial charge in [-0.2, -0.15) is 0 Å². The van der Waals surface area contributed by atoms with Gasteiger partial charge in [0.1, 0.15) is 5.60 Å². The highest BCUT2D eigenvalue weighted by molar-refractivity contribution is 6.05. The molecule has 3 rings (SSSR count). The molecule has 2 aromatic rings. The maximum Gasteiger partial charge on any atom is 0.410 e. The number of aromatic amines is 1. The number of aromatic nitrogens is 2. The molecule has 1 fully saturated rings. The van der Waals surface area contributed by atoms with Crippen LogP contribution >= 0.6 is 0 Å². The summed E-state index contributed by atoms with van der Waals surface area (Å²) in [5, 5.41) is 3.39. The number of carbonyl (C=O) groups is 2. The van der Waals surface area contributed by atoms with Crippen LogP contribution in [0.5, 0.6) is 0 Å². The topological polar surface area (TPSA) is 110 Å². The van der Waals surface area contributed by atoms with Crippen molar-refractivity contribution in [3.63, 3.8) is 0 Å². The fraction of sp³-hybridized carbons (Fsp3) is 0.500. The molecule has 26 heavy (non-hydrogen) atoms. The van der Waals surface area contributed by atoms with Gasteiger partial charge in [0.15, 0.2) is 0 Å². The Balaban J connectivity index is 1.79. The Bertz CT molecular complexity index is 898. The predicted octanol–water partition coefficient (Wildman–Crippen LogP) is 2.00. The molecule has 0 unspecified atom stereocenters. The number of likely N-dealkylation sites (tertiary alicyclic amines) is 1. The number of rotatable bonds is 2. The minimum absolute atomic E-state index is 0.0747. The summed E-state index contributed by atoms with van der Waals surface area (Å²) in [5.41, 5.74) is 5.39. The van der Waals surface area contributed by atoms with Crippen LogP contribution in [-0.4, -0.2) is 45.4 Å². The average Bonchev–Trinajstić information content (AvgIpc) is 2.90. The monoisotopic (exact) mass is 360 g/mol. The summed E-state index contributed by atoms with van der Waals surface area (Å²) in [7, 11) is 0. The molecule has 8 heteroatoms. The Kier molecular flexibility index (Phi) is 4.52. The Labute approximate surface area is 150 Å². The minimum Gasteiger partial charge on any atom is -0.444 e. The van der Waals surface area contributed by atoms with Crippen molar-refractivity contribution in [2.24, 2.45) is 5.73 Å². The van der Waals surface area contributed by atoms with Gasteiger partial charge in [0.2, 0.25) is 5.91 Å². The van der Waals surface area contributed by atoms with E-state index >= 15 is 0 Å². The molecule has 1 aliphatic heterocycles. The van der Waals surface area contributed by atoms with Crippen LogP contribution in [0.25, 0.3) is 10.9 Å². The predicted molar refractivity (Wildman–Crippen MR) is 97.2 cm³/mol. The molecule has 1 aromatic carbocycles. The first-order chi connectivity index (χ1) is 12.2. The van der Waals surface area contributed by atoms with E-state index in [2.05, 4.69) is 5.10 Å². The van der Waals surface area contributed by atoms with Gasteiger partial charge in [0.25, 0.3) is 5.56 Å². The molecule has 3 N–H and O–H groups in total. The van der Waals surface area contributed by atoms with Crippen LogP contribution in [-0.2, 0) is 4.74 Å². The van der Waals surface area contributed by atoms with Gasteiger partial charge in [-0.05, 0) is 45.7 Å². The number of benzene rings is 1. The number of H-pyrrole nitrogens is 1. The largest absolute Gasteiger partial charge is 0.444 e. The quantitative estimate of drug-likeness (QED) is 0.853. The van der Waals surface area contributed by atoms with Crippen molar-refractivity contribution in [2.75, 3.05) is 13.1 Å². The zero-order valence-corrected chi connectivity index (χ0v) is 15.2. The molecule has 2 heterocycles. The molecule has 0 radical (unpaired) electrons. The van der Waals surface area contributed by atoms with E-state index in [-0.39, 0.29) is 23.3 Å². The zero-order chi connectivity index (χ0) is 19.1. The maximum atomic E-state index is 12.8. The molecular formula is C18H24N4O4. The van der Waals surface area contributed by atoms with Gasteiger partial charge in [0, 0.05) is 13.1 Å². The second kappa shape index (κ2) is 6.51. The van der Waals surface area contributed by atoms with Crippen LogP contribution in [0.1, 0.15) is 50.0 Å². The Morgan fingerprint density at radius 3 is 2.46 bits per heavy atom. The maximum absolute atomic E-state index is 12.8. The molecule has 0 bridgehead atoms. The third-order valence-corrected chi connectivity index (χ3v) is 4.48. The van der Waals surface area contributed by atoms with E-state index in [1.165, 1.54) is 0 Å². The summed E-state index contributed by atoms with van der Waals surface area (Å²) in [6.45, 7) is 6.50. The Morgan fingerprint density at radius 1 is 1.23 bits per heavy atom. The number of hydrogen-bond acceptors (Lipinski definition) is 4. The molecule has 0 aliphatic carbocycles. The highest BCUT2D eigenvalue weighted by Gasteiger charge is 2.29. The number of ether oxygens (including phenoxy) is 1. The lowest BCUT2D eigenvalue weighted by Gasteiger charge is -2.33. The fourth-order valence-electron chi connectivity index (χ4n) is 3.27. The van der Waals surface area contributed by atoms with Crippen molar-refractivity contribution >= 4 is 22.9 Å². The van der Waals surface area contributed by atoms with Crippen LogP contribution in [0, 0.1) is 0 Å². The Morgan fingerprint density at radius 2 is 1.88 bits per heavy atom. The SMILES string of the molecule is CC(C)(C)OC(=O)N1CCC(n2[nH]c3cccc(C(N)=O)c3c2=O)CC1. The summed E-state index contributed by atoms with van der Waals surface area (Å²) >= 11 is 0. The molecule has 140 valence electrons. The van der Waals surface area contributed by atoms with E-state index < -0.39 is 11.5 Å². The third kappa shape index (κ3) is 3.44. The van der Waals surface area contributed by atoms with Crippen LogP contribution in [0.4, 0.5) is 4.79 Å². The van der Waals surface area contributed by atoms with Gasteiger partial charge in [-0.25, -0.2) is 9.48 Å². The highest BCUT2D eigenvalue weighted by Crippen LogP contribution is 2.24. The first-order valence-electron chi connectivity index (χ1n) is 8.68. The normalized spacial score (nSPS) is 16.0. The number of piperidine rings is 1. The molecule has 2 amide bonds. The van der Waals surface area contributed by atoms with E-state index in [0.717, 1.165) is 0 Å². The lowest BCUT2D eigenvalue weighted by Crippen LogP contribution is -2.43. The summed E-state index contributed by atoms with van der Waals surface area (Å²) in [6.07, 6.45) is 0.909. The number of nitrogens with one attached hydrogen (secondary N) is 1. The second-order valence-corrected chi connectivity index (χ2v) is 7.58. The van der Waals surface area contributed by atoms with Gasteiger partial charge >= 0.3 is 6.09 Å². The average molecular weight is 360 g/mol. The molecule has 0 spiro atoms. The molecule has 0 saturated carbocycles. The van der Waals surface area contributed by atoms with Crippen molar-refractivity contribution < 1.29 is 14.3 Å². The van der Waals surface area contributed by atoms with Crippen LogP contribution in [0.3, 0.4) is 0 Å². The summed E-state index contributed by atoms with van der Waals surface area (Å²) in [4.78, 5) is 38.2. The zero-order valence-electron chi connectivity index (χ0n) is 15.2. The van der Waals surface area contributed by atoms with Gasteiger partial charge < -0.3 is 15.4 Å². The van der Waals surface area contributed by atoms with Crippen LogP contribution in [0.2, 0.25) is 0 Å². The summed E-state index contributed by atoms with van der Waals surface area (Å²) in [5.74, 6) is -0.626. The minimum atomic E-state index is -0.626. The number of fused-ring (bicyclic) bond motifs is 1. The smallest absolute Gasteiger partial charge is 0.410 e. The standard InChI is InChI=1S/C18H24N4O4/c1-18(2,3)26-17(25)21-9-7-11(8-10-21)22-16(24)14-12(15(19)23)5-4-6-13(14)20-22/h4-6,11,20H,7-10H2,1-3H3,(H2,19,23). The van der Waals surface area contributed by atoms with Gasteiger partial charge in [-0.3, -0.25) is 14.7 Å². The van der Waals surface area contributed by atoms with Gasteiger partial charge in [-0.1, -0.05) is 6.07 Å². The van der Waals surface area contributed by atoms with E-state index in [1.54, 1.807) is 27.8 Å². The van der Waals surface area contributed by atoms with Crippen molar-refractivity contribution in [3.05, 3.63) is 34.1 Å². The number of hydrogen-bond donors (Lipinski definition) is 2.